The van der Waals surface area contributed by atoms with E-state index in [1.165, 1.54) is 30.3 Å². The molecule has 0 aromatic heterocycles. The van der Waals surface area contributed by atoms with Crippen LogP contribution in [0.4, 0.5) is 0 Å². The molecule has 0 aliphatic rings. The Balaban J connectivity index is 2.37. The molecule has 124 valence electrons. The quantitative estimate of drug-likeness (QED) is 0.522. The molecule has 2 aromatic rings. The van der Waals surface area contributed by atoms with E-state index < -0.39 is 18.8 Å². The van der Waals surface area contributed by atoms with Gasteiger partial charge in [0.15, 0.2) is 0 Å². The zero-order valence-electron chi connectivity index (χ0n) is 12.2. The predicted octanol–water partition coefficient (Wildman–Crippen LogP) is 3.12. The third-order valence-electron chi connectivity index (χ3n) is 3.42. The lowest BCUT2D eigenvalue weighted by molar-refractivity contribution is 0.148. The van der Waals surface area contributed by atoms with Crippen LogP contribution in [0.3, 0.4) is 0 Å². The second-order valence-corrected chi connectivity index (χ2v) is 8.71. The first-order valence-electron chi connectivity index (χ1n) is 6.72. The summed E-state index contributed by atoms with van der Waals surface area (Å²) >= 11 is 0.335. The first kappa shape index (κ1) is 17.8. The van der Waals surface area contributed by atoms with Gasteiger partial charge in [0.05, 0.1) is 6.10 Å². The minimum absolute atomic E-state index is 0.102. The van der Waals surface area contributed by atoms with Crippen molar-refractivity contribution in [1.82, 2.24) is 0 Å². The van der Waals surface area contributed by atoms with Crippen LogP contribution in [0.15, 0.2) is 47.4 Å². The molecule has 2 atom stereocenters. The Morgan fingerprint density at radius 3 is 2.13 bits per heavy atom. The molecule has 0 spiro atoms. The summed E-state index contributed by atoms with van der Waals surface area (Å²) in [6.45, 7) is -2.64. The third kappa shape index (κ3) is 4.73. The molecule has 2 aromatic carbocycles. The Morgan fingerprint density at radius 2 is 1.57 bits per heavy atom. The van der Waals surface area contributed by atoms with Crippen LogP contribution in [0.1, 0.15) is 30.1 Å². The van der Waals surface area contributed by atoms with Gasteiger partial charge in [0.25, 0.3) is 0 Å². The fraction of sp³-hybridized carbons (Fsp3) is 0.200. The molecule has 6 nitrogen and oxygen atoms in total. The Morgan fingerprint density at radius 1 is 1.00 bits per heavy atom. The van der Waals surface area contributed by atoms with Crippen LogP contribution in [-0.2, 0) is 4.57 Å². The molecule has 0 saturated carbocycles. The van der Waals surface area contributed by atoms with Gasteiger partial charge in [-0.05, 0) is 52.8 Å². The van der Waals surface area contributed by atoms with E-state index in [1.54, 1.807) is 19.1 Å². The highest BCUT2D eigenvalue weighted by Gasteiger charge is 2.25. The summed E-state index contributed by atoms with van der Waals surface area (Å²) in [4.78, 5) is 18.5. The van der Waals surface area contributed by atoms with Crippen LogP contribution in [0.2, 0.25) is 0 Å². The van der Waals surface area contributed by atoms with Crippen molar-refractivity contribution in [2.75, 3.05) is 0 Å². The zero-order valence-corrected chi connectivity index (χ0v) is 13.9. The summed E-state index contributed by atoms with van der Waals surface area (Å²) < 4.78 is 11.2. The standard InChI is InChI=1S/C15H17O6PS/c1-9(10-2-4-11(16)5-3-10)15(18)13-8-12(17)6-7-14(13)23-22(19,20)21/h2-9,15-18H,1H3,(H2,19,20,21). The van der Waals surface area contributed by atoms with Gasteiger partial charge in [-0.15, -0.1) is 0 Å². The second kappa shape index (κ2) is 6.95. The Kier molecular flexibility index (Phi) is 5.39. The van der Waals surface area contributed by atoms with Crippen LogP contribution < -0.4 is 0 Å². The number of rotatable bonds is 5. The number of phenols is 2. The molecule has 0 aliphatic carbocycles. The molecule has 0 bridgehead atoms. The van der Waals surface area contributed by atoms with Crippen LogP contribution in [0.5, 0.6) is 11.5 Å². The smallest absolute Gasteiger partial charge is 0.388 e. The molecule has 0 radical (unpaired) electrons. The van der Waals surface area contributed by atoms with Gasteiger partial charge in [0.1, 0.15) is 11.5 Å². The molecule has 0 saturated heterocycles. The van der Waals surface area contributed by atoms with Crippen molar-refractivity contribution in [3.8, 4) is 11.5 Å². The van der Waals surface area contributed by atoms with Crippen molar-refractivity contribution in [2.24, 2.45) is 0 Å². The van der Waals surface area contributed by atoms with Crippen LogP contribution in [0.25, 0.3) is 0 Å². The fourth-order valence-corrected chi connectivity index (χ4v) is 4.15. The maximum absolute atomic E-state index is 11.2. The summed E-state index contributed by atoms with van der Waals surface area (Å²) in [5.74, 6) is -0.411. The van der Waals surface area contributed by atoms with Crippen LogP contribution >= 0.6 is 18.2 Å². The number of hydrogen-bond acceptors (Lipinski definition) is 5. The number of hydrogen-bond donors (Lipinski definition) is 5. The lowest BCUT2D eigenvalue weighted by Gasteiger charge is -2.22. The molecule has 0 aliphatic heterocycles. The van der Waals surface area contributed by atoms with Gasteiger partial charge >= 0.3 is 6.80 Å². The molecule has 23 heavy (non-hydrogen) atoms. The van der Waals surface area contributed by atoms with E-state index >= 15 is 0 Å². The van der Waals surface area contributed by atoms with Crippen molar-refractivity contribution < 1.29 is 29.7 Å². The van der Waals surface area contributed by atoms with Crippen molar-refractivity contribution in [3.05, 3.63) is 53.6 Å². The van der Waals surface area contributed by atoms with Gasteiger partial charge in [0.2, 0.25) is 0 Å². The first-order chi connectivity index (χ1) is 10.7. The zero-order chi connectivity index (χ0) is 17.2. The van der Waals surface area contributed by atoms with Crippen molar-refractivity contribution >= 4 is 18.2 Å². The number of benzene rings is 2. The summed E-state index contributed by atoms with van der Waals surface area (Å²) in [6.07, 6.45) is -1.08. The third-order valence-corrected chi connectivity index (χ3v) is 5.53. The molecule has 0 amide bonds. The van der Waals surface area contributed by atoms with Gasteiger partial charge in [-0.25, -0.2) is 4.57 Å². The average Bonchev–Trinajstić information content (AvgIpc) is 2.47. The predicted molar refractivity (Wildman–Crippen MR) is 87.5 cm³/mol. The van der Waals surface area contributed by atoms with Gasteiger partial charge in [-0.3, -0.25) is 0 Å². The Hall–Kier alpha value is -1.50. The number of phenolic OH excluding ortho intramolecular Hbond substituents is 2. The molecule has 0 heterocycles. The summed E-state index contributed by atoms with van der Waals surface area (Å²) in [5.41, 5.74) is 0.977. The minimum Gasteiger partial charge on any atom is -0.508 e. The molecular formula is C15H17O6PS. The minimum atomic E-state index is -4.39. The van der Waals surface area contributed by atoms with E-state index in [4.69, 9.17) is 9.79 Å². The van der Waals surface area contributed by atoms with Crippen molar-refractivity contribution in [1.29, 1.82) is 0 Å². The SMILES string of the molecule is CC(c1ccc(O)cc1)C(O)c1cc(O)ccc1SP(=O)(O)O. The highest BCUT2D eigenvalue weighted by molar-refractivity contribution is 8.54. The Bertz CT molecular complexity index is 727. The van der Waals surface area contributed by atoms with Crippen LogP contribution in [0, 0.1) is 0 Å². The first-order valence-corrected chi connectivity index (χ1v) is 9.76. The molecule has 0 fully saturated rings. The van der Waals surface area contributed by atoms with E-state index in [0.29, 0.717) is 11.4 Å². The molecular weight excluding hydrogens is 339 g/mol. The number of aliphatic hydroxyl groups is 1. The number of aromatic hydroxyl groups is 2. The van der Waals surface area contributed by atoms with Crippen molar-refractivity contribution in [2.45, 2.75) is 23.8 Å². The van der Waals surface area contributed by atoms with E-state index in [9.17, 15) is 19.9 Å². The van der Waals surface area contributed by atoms with E-state index in [1.807, 2.05) is 0 Å². The summed E-state index contributed by atoms with van der Waals surface area (Å²) in [7, 11) is 0. The average molecular weight is 356 g/mol. The highest BCUT2D eigenvalue weighted by Crippen LogP contribution is 2.56. The molecule has 8 heteroatoms. The topological polar surface area (TPSA) is 118 Å². The lowest BCUT2D eigenvalue weighted by Crippen LogP contribution is -2.08. The maximum Gasteiger partial charge on any atom is 0.388 e. The largest absolute Gasteiger partial charge is 0.508 e. The van der Waals surface area contributed by atoms with E-state index in [-0.39, 0.29) is 22.0 Å². The van der Waals surface area contributed by atoms with E-state index in [2.05, 4.69) is 0 Å². The fourth-order valence-electron chi connectivity index (χ4n) is 2.21. The second-order valence-electron chi connectivity index (χ2n) is 5.13. The Labute approximate surface area is 137 Å². The van der Waals surface area contributed by atoms with Gasteiger partial charge in [-0.1, -0.05) is 19.1 Å². The lowest BCUT2D eigenvalue weighted by atomic mass is 9.90. The summed E-state index contributed by atoms with van der Waals surface area (Å²) in [6, 6.07) is 10.3. The maximum atomic E-state index is 11.2. The van der Waals surface area contributed by atoms with Crippen LogP contribution in [-0.4, -0.2) is 25.1 Å². The number of aliphatic hydroxyl groups excluding tert-OH is 1. The summed E-state index contributed by atoms with van der Waals surface area (Å²) in [5, 5.41) is 29.5. The molecule has 2 unspecified atom stereocenters. The normalized spacial score (nSPS) is 14.4. The van der Waals surface area contributed by atoms with E-state index in [0.717, 1.165) is 5.56 Å². The van der Waals surface area contributed by atoms with Gasteiger partial charge in [-0.2, -0.15) is 0 Å². The molecule has 2 rings (SSSR count). The van der Waals surface area contributed by atoms with Gasteiger partial charge < -0.3 is 25.1 Å². The molecule has 5 N–H and O–H groups in total. The van der Waals surface area contributed by atoms with Gasteiger partial charge in [0, 0.05) is 10.8 Å². The highest BCUT2D eigenvalue weighted by atomic mass is 32.7. The van der Waals surface area contributed by atoms with Crippen molar-refractivity contribution in [3.63, 3.8) is 0 Å². The monoisotopic (exact) mass is 356 g/mol.